The summed E-state index contributed by atoms with van der Waals surface area (Å²) in [6, 6.07) is 5.12. The Morgan fingerprint density at radius 2 is 1.86 bits per heavy atom. The largest absolute Gasteiger partial charge is 0.352 e. The molecule has 0 aliphatic heterocycles. The van der Waals surface area contributed by atoms with Crippen molar-refractivity contribution in [3.63, 3.8) is 0 Å². The monoisotopic (exact) mass is 331 g/mol. The third kappa shape index (κ3) is 5.27. The number of primary amides is 1. The molecule has 0 aliphatic carbocycles. The van der Waals surface area contributed by atoms with Gasteiger partial charge in [-0.3, -0.25) is 4.79 Å². The summed E-state index contributed by atoms with van der Waals surface area (Å²) >= 11 is 1.25. The summed E-state index contributed by atoms with van der Waals surface area (Å²) in [5.74, 6) is -0.568. The third-order valence-corrected chi connectivity index (χ3v) is 4.94. The summed E-state index contributed by atoms with van der Waals surface area (Å²) in [4.78, 5) is 22.2. The minimum Gasteiger partial charge on any atom is -0.352 e. The first kappa shape index (κ1) is 17.3. The number of carbonyl (C=O) groups excluding carboxylic acids is 2. The molecule has 116 valence electrons. The first-order valence-corrected chi connectivity index (χ1v) is 8.75. The Kier molecular flexibility index (Phi) is 6.03. The van der Waals surface area contributed by atoms with Gasteiger partial charge >= 0.3 is 6.03 Å². The van der Waals surface area contributed by atoms with Crippen molar-refractivity contribution in [3.8, 4) is 0 Å². The van der Waals surface area contributed by atoms with Crippen molar-refractivity contribution < 1.29 is 18.0 Å². The molecule has 0 radical (unpaired) electrons. The molecule has 21 heavy (non-hydrogen) atoms. The van der Waals surface area contributed by atoms with Gasteiger partial charge < -0.3 is 11.1 Å². The number of benzene rings is 1. The minimum atomic E-state index is -3.89. The van der Waals surface area contributed by atoms with Gasteiger partial charge in [0.25, 0.3) is 10.0 Å². The molecule has 0 unspecified atom stereocenters. The maximum Gasteiger partial charge on any atom is 0.312 e. The second kappa shape index (κ2) is 7.32. The first-order valence-electron chi connectivity index (χ1n) is 5.98. The van der Waals surface area contributed by atoms with E-state index >= 15 is 0 Å². The molecular formula is C12H17N3O4S2. The maximum atomic E-state index is 12.0. The van der Waals surface area contributed by atoms with Gasteiger partial charge in [0, 0.05) is 6.54 Å². The van der Waals surface area contributed by atoms with Gasteiger partial charge in [0.15, 0.2) is 0 Å². The number of rotatable bonds is 6. The lowest BCUT2D eigenvalue weighted by molar-refractivity contribution is -0.118. The van der Waals surface area contributed by atoms with E-state index in [4.69, 9.17) is 5.73 Å². The molecule has 0 fully saturated rings. The number of nitrogens with one attached hydrogen (secondary N) is 2. The molecule has 0 aromatic heterocycles. The fourth-order valence-corrected chi connectivity index (χ4v) is 2.76. The molecule has 3 amide bonds. The molecule has 1 aromatic carbocycles. The van der Waals surface area contributed by atoms with Crippen LogP contribution in [0.15, 0.2) is 29.2 Å². The van der Waals surface area contributed by atoms with Gasteiger partial charge in [-0.15, -0.1) is 0 Å². The second-order valence-corrected chi connectivity index (χ2v) is 7.07. The molecule has 1 atom stereocenters. The minimum absolute atomic E-state index is 0.0213. The SMILES string of the molecule is CS[C@H](C)C(=O)NS(=O)(=O)c1ccc(CNC(N)=O)cc1. The molecule has 0 saturated heterocycles. The first-order chi connectivity index (χ1) is 9.76. The highest BCUT2D eigenvalue weighted by molar-refractivity contribution is 8.00. The Balaban J connectivity index is 2.80. The molecule has 0 spiro atoms. The highest BCUT2D eigenvalue weighted by Crippen LogP contribution is 2.12. The average molecular weight is 331 g/mol. The van der Waals surface area contributed by atoms with E-state index in [0.29, 0.717) is 5.56 Å². The number of nitrogens with two attached hydrogens (primary N) is 1. The lowest BCUT2D eigenvalue weighted by Gasteiger charge is -2.11. The Morgan fingerprint density at radius 1 is 1.29 bits per heavy atom. The summed E-state index contributed by atoms with van der Waals surface area (Å²) in [6.07, 6.45) is 1.72. The molecule has 1 rings (SSSR count). The molecule has 0 saturated carbocycles. The number of amides is 3. The Morgan fingerprint density at radius 3 is 2.33 bits per heavy atom. The predicted octanol–water partition coefficient (Wildman–Crippen LogP) is 0.411. The molecular weight excluding hydrogens is 314 g/mol. The topological polar surface area (TPSA) is 118 Å². The number of sulfonamides is 1. The van der Waals surface area contributed by atoms with Gasteiger partial charge in [-0.25, -0.2) is 17.9 Å². The Bertz CT molecular complexity index is 614. The molecule has 0 heterocycles. The van der Waals surface area contributed by atoms with E-state index in [-0.39, 0.29) is 11.4 Å². The van der Waals surface area contributed by atoms with E-state index < -0.39 is 27.2 Å². The number of carbonyl (C=O) groups is 2. The zero-order valence-corrected chi connectivity index (χ0v) is 13.3. The summed E-state index contributed by atoms with van der Waals surface area (Å²) in [6.45, 7) is 1.82. The van der Waals surface area contributed by atoms with Crippen LogP contribution in [0.4, 0.5) is 4.79 Å². The zero-order valence-electron chi connectivity index (χ0n) is 11.6. The van der Waals surface area contributed by atoms with Crippen molar-refractivity contribution in [1.82, 2.24) is 10.0 Å². The molecule has 1 aromatic rings. The smallest absolute Gasteiger partial charge is 0.312 e. The van der Waals surface area contributed by atoms with Crippen LogP contribution in [0.2, 0.25) is 0 Å². The summed E-state index contributed by atoms with van der Waals surface area (Å²) < 4.78 is 26.0. The molecule has 0 aliphatic rings. The Labute approximate surface area is 127 Å². The van der Waals surface area contributed by atoms with Gasteiger partial charge in [0.1, 0.15) is 0 Å². The van der Waals surface area contributed by atoms with Crippen molar-refractivity contribution in [2.24, 2.45) is 5.73 Å². The van der Waals surface area contributed by atoms with Gasteiger partial charge in [-0.2, -0.15) is 11.8 Å². The standard InChI is InChI=1S/C12H17N3O4S2/c1-8(20-2)11(16)15-21(18,19)10-5-3-9(4-6-10)7-14-12(13)17/h3-6,8H,7H2,1-2H3,(H,15,16)(H3,13,14,17)/t8-/m1/s1. The predicted molar refractivity (Wildman–Crippen MR) is 81.2 cm³/mol. The van der Waals surface area contributed by atoms with Crippen molar-refractivity contribution in [3.05, 3.63) is 29.8 Å². The lowest BCUT2D eigenvalue weighted by atomic mass is 10.2. The van der Waals surface area contributed by atoms with Crippen LogP contribution >= 0.6 is 11.8 Å². The van der Waals surface area contributed by atoms with E-state index in [0.717, 1.165) is 0 Å². The molecule has 7 nitrogen and oxygen atoms in total. The van der Waals surface area contributed by atoms with Crippen molar-refractivity contribution >= 4 is 33.7 Å². The van der Waals surface area contributed by atoms with Gasteiger partial charge in [-0.1, -0.05) is 12.1 Å². The summed E-state index contributed by atoms with van der Waals surface area (Å²) in [7, 11) is -3.89. The molecule has 9 heteroatoms. The van der Waals surface area contributed by atoms with Crippen molar-refractivity contribution in [1.29, 1.82) is 0 Å². The molecule has 4 N–H and O–H groups in total. The van der Waals surface area contributed by atoms with Gasteiger partial charge in [0.05, 0.1) is 10.1 Å². The zero-order chi connectivity index (χ0) is 16.0. The third-order valence-electron chi connectivity index (χ3n) is 2.66. The van der Waals surface area contributed by atoms with Crippen LogP contribution in [0.1, 0.15) is 12.5 Å². The van der Waals surface area contributed by atoms with Gasteiger partial charge in [0.2, 0.25) is 5.91 Å². The van der Waals surface area contributed by atoms with E-state index in [1.165, 1.54) is 36.0 Å². The van der Waals surface area contributed by atoms with Crippen molar-refractivity contribution in [2.75, 3.05) is 6.26 Å². The van der Waals surface area contributed by atoms with Crippen LogP contribution in [-0.4, -0.2) is 31.9 Å². The number of hydrogen-bond acceptors (Lipinski definition) is 5. The Hall–Kier alpha value is -1.74. The van der Waals surface area contributed by atoms with Crippen LogP contribution in [0, 0.1) is 0 Å². The quantitative estimate of drug-likeness (QED) is 0.698. The highest BCUT2D eigenvalue weighted by Gasteiger charge is 2.20. The fourth-order valence-electron chi connectivity index (χ4n) is 1.36. The average Bonchev–Trinajstić information content (AvgIpc) is 2.44. The second-order valence-electron chi connectivity index (χ2n) is 4.21. The van der Waals surface area contributed by atoms with E-state index in [1.807, 2.05) is 4.72 Å². The normalized spacial score (nSPS) is 12.5. The molecule has 0 bridgehead atoms. The van der Waals surface area contributed by atoms with E-state index in [2.05, 4.69) is 5.32 Å². The fraction of sp³-hybridized carbons (Fsp3) is 0.333. The van der Waals surface area contributed by atoms with E-state index in [9.17, 15) is 18.0 Å². The van der Waals surface area contributed by atoms with Crippen molar-refractivity contribution in [2.45, 2.75) is 23.6 Å². The number of urea groups is 1. The maximum absolute atomic E-state index is 12.0. The highest BCUT2D eigenvalue weighted by atomic mass is 32.2. The number of thioether (sulfide) groups is 1. The van der Waals surface area contributed by atoms with Crippen LogP contribution in [-0.2, 0) is 21.4 Å². The van der Waals surface area contributed by atoms with Crippen LogP contribution < -0.4 is 15.8 Å². The van der Waals surface area contributed by atoms with Crippen LogP contribution in [0.3, 0.4) is 0 Å². The van der Waals surface area contributed by atoms with Gasteiger partial charge in [-0.05, 0) is 30.9 Å². The van der Waals surface area contributed by atoms with E-state index in [1.54, 1.807) is 13.2 Å². The van der Waals surface area contributed by atoms with Crippen LogP contribution in [0.5, 0.6) is 0 Å². The van der Waals surface area contributed by atoms with Crippen LogP contribution in [0.25, 0.3) is 0 Å². The number of hydrogen-bond donors (Lipinski definition) is 3. The summed E-state index contributed by atoms with van der Waals surface area (Å²) in [5.41, 5.74) is 5.63. The lowest BCUT2D eigenvalue weighted by Crippen LogP contribution is -2.35. The summed E-state index contributed by atoms with van der Waals surface area (Å²) in [5, 5.41) is 1.93.